The number of thiophene rings is 1. The largest absolute Gasteiger partial charge is 0.388 e. The third kappa shape index (κ3) is 2.51. The highest BCUT2D eigenvalue weighted by Gasteiger charge is 2.45. The molecule has 2 saturated carbocycles. The van der Waals surface area contributed by atoms with Gasteiger partial charge in [-0.25, -0.2) is 0 Å². The van der Waals surface area contributed by atoms with E-state index >= 15 is 0 Å². The smallest absolute Gasteiger partial charge is 0.231 e. The Balaban J connectivity index is 1.70. The van der Waals surface area contributed by atoms with Gasteiger partial charge in [-0.3, -0.25) is 4.79 Å². The summed E-state index contributed by atoms with van der Waals surface area (Å²) in [7, 11) is 0. The van der Waals surface area contributed by atoms with Crippen LogP contribution in [0.15, 0.2) is 17.5 Å². The molecule has 1 atom stereocenters. The maximum atomic E-state index is 12.7. The van der Waals surface area contributed by atoms with Gasteiger partial charge in [0.2, 0.25) is 5.91 Å². The van der Waals surface area contributed by atoms with Crippen LogP contribution in [0.25, 0.3) is 0 Å². The number of carbonyl (C=O) groups excluding carboxylic acids is 1. The highest BCUT2D eigenvalue weighted by Crippen LogP contribution is 2.44. The van der Waals surface area contributed by atoms with Crippen LogP contribution in [0.3, 0.4) is 0 Å². The van der Waals surface area contributed by atoms with Gasteiger partial charge in [0, 0.05) is 11.4 Å². The molecule has 110 valence electrons. The van der Waals surface area contributed by atoms with Crippen LogP contribution in [-0.2, 0) is 10.2 Å². The summed E-state index contributed by atoms with van der Waals surface area (Å²) in [6, 6.07) is 4.10. The molecule has 0 saturated heterocycles. The van der Waals surface area contributed by atoms with E-state index in [9.17, 15) is 9.90 Å². The number of aliphatic hydroxyl groups is 1. The fourth-order valence-electron chi connectivity index (χ4n) is 3.39. The fraction of sp³-hybridized carbons (Fsp3) is 0.688. The van der Waals surface area contributed by atoms with E-state index in [0.717, 1.165) is 38.5 Å². The molecule has 2 aliphatic rings. The topological polar surface area (TPSA) is 49.3 Å². The highest BCUT2D eigenvalue weighted by atomic mass is 32.1. The summed E-state index contributed by atoms with van der Waals surface area (Å²) in [6.45, 7) is 2.22. The van der Waals surface area contributed by atoms with Crippen LogP contribution in [0.4, 0.5) is 0 Å². The number of carbonyl (C=O) groups is 1. The molecular weight excluding hydrogens is 270 g/mol. The standard InChI is InChI=1S/C16H23NO2S/c1-15(19,12-6-7-12)11-17-14(18)16(8-2-3-9-16)13-5-4-10-20-13/h4-5,10,12,19H,2-3,6-9,11H2,1H3,(H,17,18)/t15-/m0/s1. The van der Waals surface area contributed by atoms with Crippen molar-refractivity contribution < 1.29 is 9.90 Å². The summed E-state index contributed by atoms with van der Waals surface area (Å²) < 4.78 is 0. The Morgan fingerprint density at radius 3 is 2.75 bits per heavy atom. The molecule has 1 amide bonds. The quantitative estimate of drug-likeness (QED) is 0.877. The first-order chi connectivity index (χ1) is 9.55. The summed E-state index contributed by atoms with van der Waals surface area (Å²) in [5.41, 5.74) is -1.08. The van der Waals surface area contributed by atoms with Crippen molar-refractivity contribution in [3.05, 3.63) is 22.4 Å². The van der Waals surface area contributed by atoms with Gasteiger partial charge in [0.1, 0.15) is 0 Å². The normalized spacial score (nSPS) is 24.3. The number of nitrogens with one attached hydrogen (secondary N) is 1. The zero-order valence-corrected chi connectivity index (χ0v) is 12.8. The van der Waals surface area contributed by atoms with Gasteiger partial charge in [0.25, 0.3) is 0 Å². The van der Waals surface area contributed by atoms with Crippen LogP contribution < -0.4 is 5.32 Å². The molecule has 2 fully saturated rings. The van der Waals surface area contributed by atoms with Crippen molar-refractivity contribution in [3.63, 3.8) is 0 Å². The SMILES string of the molecule is C[C@](O)(CNC(=O)C1(c2cccs2)CCCC1)C1CC1. The molecule has 3 rings (SSSR count). The lowest BCUT2D eigenvalue weighted by molar-refractivity contribution is -0.127. The minimum atomic E-state index is -0.745. The average Bonchev–Trinajstić information content (AvgIpc) is 2.95. The number of hydrogen-bond donors (Lipinski definition) is 2. The minimum absolute atomic E-state index is 0.110. The first-order valence-corrected chi connectivity index (χ1v) is 8.47. The van der Waals surface area contributed by atoms with Crippen LogP contribution in [0, 0.1) is 5.92 Å². The molecule has 1 heterocycles. The molecular formula is C16H23NO2S. The summed E-state index contributed by atoms with van der Waals surface area (Å²) in [4.78, 5) is 13.9. The molecule has 4 heteroatoms. The van der Waals surface area contributed by atoms with E-state index in [2.05, 4.69) is 11.4 Å². The van der Waals surface area contributed by atoms with Crippen molar-refractivity contribution >= 4 is 17.2 Å². The zero-order valence-electron chi connectivity index (χ0n) is 12.0. The maximum Gasteiger partial charge on any atom is 0.231 e. The maximum absolute atomic E-state index is 12.7. The first kappa shape index (κ1) is 14.1. The van der Waals surface area contributed by atoms with Crippen molar-refractivity contribution in [2.45, 2.75) is 56.5 Å². The van der Waals surface area contributed by atoms with Crippen molar-refractivity contribution in [1.29, 1.82) is 0 Å². The van der Waals surface area contributed by atoms with Crippen LogP contribution in [-0.4, -0.2) is 23.2 Å². The van der Waals surface area contributed by atoms with E-state index in [1.54, 1.807) is 11.3 Å². The Bertz CT molecular complexity index is 471. The minimum Gasteiger partial charge on any atom is -0.388 e. The van der Waals surface area contributed by atoms with Gasteiger partial charge in [-0.1, -0.05) is 18.9 Å². The van der Waals surface area contributed by atoms with Crippen molar-refractivity contribution in [1.82, 2.24) is 5.32 Å². The monoisotopic (exact) mass is 293 g/mol. The van der Waals surface area contributed by atoms with E-state index < -0.39 is 5.60 Å². The number of amides is 1. The first-order valence-electron chi connectivity index (χ1n) is 7.59. The molecule has 20 heavy (non-hydrogen) atoms. The van der Waals surface area contributed by atoms with Gasteiger partial charge in [-0.05, 0) is 50.0 Å². The molecule has 0 aliphatic heterocycles. The molecule has 1 aromatic heterocycles. The van der Waals surface area contributed by atoms with Crippen LogP contribution in [0.2, 0.25) is 0 Å². The van der Waals surface area contributed by atoms with Crippen molar-refractivity contribution in [2.24, 2.45) is 5.92 Å². The van der Waals surface area contributed by atoms with Gasteiger partial charge in [0.15, 0.2) is 0 Å². The molecule has 0 radical (unpaired) electrons. The van der Waals surface area contributed by atoms with Gasteiger partial charge in [-0.15, -0.1) is 11.3 Å². The van der Waals surface area contributed by atoms with E-state index in [1.807, 2.05) is 18.4 Å². The predicted octanol–water partition coefficient (Wildman–Crippen LogP) is 2.84. The molecule has 0 aromatic carbocycles. The lowest BCUT2D eigenvalue weighted by Gasteiger charge is -2.30. The highest BCUT2D eigenvalue weighted by molar-refractivity contribution is 7.10. The molecule has 0 bridgehead atoms. The van der Waals surface area contributed by atoms with E-state index in [4.69, 9.17) is 0 Å². The average molecular weight is 293 g/mol. The van der Waals surface area contributed by atoms with Crippen molar-refractivity contribution in [2.75, 3.05) is 6.54 Å². The summed E-state index contributed by atoms with van der Waals surface area (Å²) in [6.07, 6.45) is 6.27. The van der Waals surface area contributed by atoms with Crippen LogP contribution in [0.5, 0.6) is 0 Å². The summed E-state index contributed by atoms with van der Waals surface area (Å²) in [5.74, 6) is 0.474. The van der Waals surface area contributed by atoms with Crippen LogP contribution in [0.1, 0.15) is 50.3 Å². The molecule has 0 spiro atoms. The third-order valence-corrected chi connectivity index (χ3v) is 6.02. The van der Waals surface area contributed by atoms with Gasteiger partial charge < -0.3 is 10.4 Å². The number of rotatable bonds is 5. The van der Waals surface area contributed by atoms with Gasteiger partial charge >= 0.3 is 0 Å². The van der Waals surface area contributed by atoms with Gasteiger partial charge in [-0.2, -0.15) is 0 Å². The lowest BCUT2D eigenvalue weighted by atomic mass is 9.83. The molecule has 3 nitrogen and oxygen atoms in total. The Morgan fingerprint density at radius 1 is 1.50 bits per heavy atom. The molecule has 1 aromatic rings. The predicted molar refractivity (Wildman–Crippen MR) is 80.8 cm³/mol. The van der Waals surface area contributed by atoms with E-state index in [-0.39, 0.29) is 11.3 Å². The van der Waals surface area contributed by atoms with E-state index in [0.29, 0.717) is 12.5 Å². The van der Waals surface area contributed by atoms with E-state index in [1.165, 1.54) is 4.88 Å². The Morgan fingerprint density at radius 2 is 2.20 bits per heavy atom. The molecule has 2 N–H and O–H groups in total. The molecule has 2 aliphatic carbocycles. The Labute approximate surface area is 124 Å². The van der Waals surface area contributed by atoms with Crippen LogP contribution >= 0.6 is 11.3 Å². The third-order valence-electron chi connectivity index (χ3n) is 4.95. The Hall–Kier alpha value is -0.870. The summed E-state index contributed by atoms with van der Waals surface area (Å²) >= 11 is 1.68. The summed E-state index contributed by atoms with van der Waals surface area (Å²) in [5, 5.41) is 15.4. The second-order valence-corrected chi connectivity index (χ2v) is 7.53. The molecule has 0 unspecified atom stereocenters. The second kappa shape index (κ2) is 5.15. The Kier molecular flexibility index (Phi) is 3.63. The second-order valence-electron chi connectivity index (χ2n) is 6.58. The fourth-order valence-corrected chi connectivity index (χ4v) is 4.38. The number of hydrogen-bond acceptors (Lipinski definition) is 3. The van der Waals surface area contributed by atoms with Gasteiger partial charge in [0.05, 0.1) is 11.0 Å². The lowest BCUT2D eigenvalue weighted by Crippen LogP contribution is -2.48. The van der Waals surface area contributed by atoms with Crippen molar-refractivity contribution in [3.8, 4) is 0 Å². The zero-order chi connectivity index (χ0) is 14.2.